The van der Waals surface area contributed by atoms with Crippen LogP contribution < -0.4 is 9.62 Å². The Morgan fingerprint density at radius 1 is 1.36 bits per heavy atom. The monoisotopic (exact) mass is 390 g/mol. The van der Waals surface area contributed by atoms with Gasteiger partial charge in [0.2, 0.25) is 15.9 Å². The molecule has 0 aliphatic carbocycles. The molecule has 0 radical (unpaired) electrons. The van der Waals surface area contributed by atoms with Gasteiger partial charge in [-0.1, -0.05) is 29.8 Å². The zero-order valence-corrected chi connectivity index (χ0v) is 15.8. The Balaban J connectivity index is 2.86. The van der Waals surface area contributed by atoms with Crippen molar-refractivity contribution in [3.8, 4) is 0 Å². The van der Waals surface area contributed by atoms with E-state index in [1.54, 1.807) is 18.2 Å². The first kappa shape index (κ1) is 19.0. The maximum Gasteiger partial charge on any atom is 0.240 e. The molecule has 0 saturated heterocycles. The summed E-state index contributed by atoms with van der Waals surface area (Å²) in [4.78, 5) is 12.0. The first-order valence-electron chi connectivity index (χ1n) is 7.12. The van der Waals surface area contributed by atoms with E-state index in [-0.39, 0.29) is 12.5 Å². The van der Waals surface area contributed by atoms with Gasteiger partial charge in [-0.3, -0.25) is 9.10 Å². The van der Waals surface area contributed by atoms with Crippen LogP contribution in [-0.2, 0) is 14.8 Å². The number of amides is 1. The number of aryl methyl sites for hydroxylation is 1. The largest absolute Gasteiger partial charge is 0.355 e. The maximum absolute atomic E-state index is 12.0. The van der Waals surface area contributed by atoms with E-state index in [2.05, 4.69) is 35.1 Å². The van der Waals surface area contributed by atoms with E-state index < -0.39 is 10.0 Å². The highest BCUT2D eigenvalue weighted by Crippen LogP contribution is 2.24. The molecule has 7 heteroatoms. The van der Waals surface area contributed by atoms with Gasteiger partial charge in [0.15, 0.2) is 0 Å². The number of halogens is 1. The third kappa shape index (κ3) is 5.96. The van der Waals surface area contributed by atoms with E-state index in [0.29, 0.717) is 18.2 Å². The molecule has 0 atom stereocenters. The summed E-state index contributed by atoms with van der Waals surface area (Å²) in [6.45, 7) is 6.35. The normalized spacial score (nSPS) is 11.5. The Kier molecular flexibility index (Phi) is 6.87. The second kappa shape index (κ2) is 7.97. The molecule has 5 nitrogen and oxygen atoms in total. The number of carbonyl (C=O) groups is 1. The minimum atomic E-state index is -3.53. The molecular weight excluding hydrogens is 368 g/mol. The molecule has 0 fully saturated rings. The fraction of sp³-hybridized carbons (Fsp3) is 0.533. The fourth-order valence-electron chi connectivity index (χ4n) is 1.87. The van der Waals surface area contributed by atoms with Crippen molar-refractivity contribution in [3.05, 3.63) is 28.2 Å². The number of carbonyl (C=O) groups excluding carboxylic acids is 1. The van der Waals surface area contributed by atoms with Crippen LogP contribution in [0.5, 0.6) is 0 Å². The Morgan fingerprint density at radius 3 is 2.50 bits per heavy atom. The number of anilines is 1. The lowest BCUT2D eigenvalue weighted by Gasteiger charge is -2.22. The molecule has 0 aliphatic rings. The van der Waals surface area contributed by atoms with Crippen LogP contribution in [0.2, 0.25) is 0 Å². The molecule has 124 valence electrons. The molecule has 0 heterocycles. The van der Waals surface area contributed by atoms with E-state index in [4.69, 9.17) is 0 Å². The minimum Gasteiger partial charge on any atom is -0.355 e. The van der Waals surface area contributed by atoms with Gasteiger partial charge in [-0.25, -0.2) is 8.42 Å². The number of benzene rings is 1. The molecule has 1 aromatic rings. The van der Waals surface area contributed by atoms with Crippen molar-refractivity contribution >= 4 is 37.5 Å². The van der Waals surface area contributed by atoms with Crippen LogP contribution in [0.4, 0.5) is 5.69 Å². The summed E-state index contributed by atoms with van der Waals surface area (Å²) in [7, 11) is -3.53. The zero-order valence-electron chi connectivity index (χ0n) is 13.4. The highest BCUT2D eigenvalue weighted by atomic mass is 79.9. The summed E-state index contributed by atoms with van der Waals surface area (Å²) in [5.74, 6) is 0.187. The van der Waals surface area contributed by atoms with Crippen LogP contribution in [0.3, 0.4) is 0 Å². The van der Waals surface area contributed by atoms with E-state index >= 15 is 0 Å². The predicted molar refractivity (Wildman–Crippen MR) is 93.5 cm³/mol. The lowest BCUT2D eigenvalue weighted by atomic mass is 10.1. The van der Waals surface area contributed by atoms with Gasteiger partial charge in [0, 0.05) is 11.0 Å². The zero-order chi connectivity index (χ0) is 16.9. The Bertz CT molecular complexity index is 630. The average molecular weight is 391 g/mol. The number of nitrogens with zero attached hydrogens (tertiary/aromatic N) is 1. The topological polar surface area (TPSA) is 66.5 Å². The third-order valence-electron chi connectivity index (χ3n) is 3.16. The fourth-order valence-corrected chi connectivity index (χ4v) is 2.97. The van der Waals surface area contributed by atoms with Gasteiger partial charge in [-0.2, -0.15) is 0 Å². The van der Waals surface area contributed by atoms with Crippen LogP contribution >= 0.6 is 15.9 Å². The molecule has 0 bridgehead atoms. The molecule has 0 saturated carbocycles. The van der Waals surface area contributed by atoms with Crippen molar-refractivity contribution in [2.24, 2.45) is 5.92 Å². The van der Waals surface area contributed by atoms with Crippen molar-refractivity contribution < 1.29 is 13.2 Å². The van der Waals surface area contributed by atoms with Gasteiger partial charge in [-0.15, -0.1) is 0 Å². The SMILES string of the molecule is Cc1cc(N(CC(=O)NCCC(C)C)S(C)(=O)=O)ccc1Br. The van der Waals surface area contributed by atoms with Crippen LogP contribution in [-0.4, -0.2) is 33.7 Å². The third-order valence-corrected chi connectivity index (χ3v) is 5.19. The lowest BCUT2D eigenvalue weighted by molar-refractivity contribution is -0.119. The molecule has 0 unspecified atom stereocenters. The molecular formula is C15H23BrN2O3S. The summed E-state index contributed by atoms with van der Waals surface area (Å²) in [6.07, 6.45) is 1.97. The van der Waals surface area contributed by atoms with E-state index in [1.807, 2.05) is 6.92 Å². The summed E-state index contributed by atoms with van der Waals surface area (Å²) in [6, 6.07) is 5.20. The first-order chi connectivity index (χ1) is 10.1. The van der Waals surface area contributed by atoms with Gasteiger partial charge in [0.25, 0.3) is 0 Å². The van der Waals surface area contributed by atoms with Crippen LogP contribution in [0.1, 0.15) is 25.8 Å². The molecule has 1 amide bonds. The van der Waals surface area contributed by atoms with Crippen LogP contribution in [0.25, 0.3) is 0 Å². The van der Waals surface area contributed by atoms with E-state index in [0.717, 1.165) is 27.0 Å². The van der Waals surface area contributed by atoms with Gasteiger partial charge >= 0.3 is 0 Å². The number of hydrogen-bond donors (Lipinski definition) is 1. The van der Waals surface area contributed by atoms with Gasteiger partial charge in [0.05, 0.1) is 11.9 Å². The quantitative estimate of drug-likeness (QED) is 0.777. The Labute approximate surface area is 141 Å². The predicted octanol–water partition coefficient (Wildman–Crippen LogP) is 2.69. The van der Waals surface area contributed by atoms with Crippen molar-refractivity contribution in [1.82, 2.24) is 5.32 Å². The van der Waals surface area contributed by atoms with Crippen molar-refractivity contribution in [3.63, 3.8) is 0 Å². The maximum atomic E-state index is 12.0. The van der Waals surface area contributed by atoms with Crippen LogP contribution in [0, 0.1) is 12.8 Å². The molecule has 0 aromatic heterocycles. The number of nitrogens with one attached hydrogen (secondary N) is 1. The Morgan fingerprint density at radius 2 is 2.00 bits per heavy atom. The number of hydrogen-bond acceptors (Lipinski definition) is 3. The van der Waals surface area contributed by atoms with E-state index in [1.165, 1.54) is 0 Å². The first-order valence-corrected chi connectivity index (χ1v) is 9.76. The summed E-state index contributed by atoms with van der Waals surface area (Å²) in [5.41, 5.74) is 1.40. The van der Waals surface area contributed by atoms with Crippen molar-refractivity contribution in [2.75, 3.05) is 23.7 Å². The minimum absolute atomic E-state index is 0.210. The lowest BCUT2D eigenvalue weighted by Crippen LogP contribution is -2.40. The molecule has 22 heavy (non-hydrogen) atoms. The van der Waals surface area contributed by atoms with Gasteiger partial charge in [-0.05, 0) is 43.0 Å². The van der Waals surface area contributed by atoms with Gasteiger partial charge < -0.3 is 5.32 Å². The highest BCUT2D eigenvalue weighted by Gasteiger charge is 2.21. The molecule has 1 aromatic carbocycles. The summed E-state index contributed by atoms with van der Waals surface area (Å²) >= 11 is 3.38. The molecule has 1 N–H and O–H groups in total. The highest BCUT2D eigenvalue weighted by molar-refractivity contribution is 9.10. The van der Waals surface area contributed by atoms with Crippen LogP contribution in [0.15, 0.2) is 22.7 Å². The second-order valence-electron chi connectivity index (χ2n) is 5.74. The molecule has 0 aliphatic heterocycles. The van der Waals surface area contributed by atoms with Crippen molar-refractivity contribution in [2.45, 2.75) is 27.2 Å². The molecule has 0 spiro atoms. The average Bonchev–Trinajstić information content (AvgIpc) is 2.37. The Hall–Kier alpha value is -1.08. The summed E-state index contributed by atoms with van der Waals surface area (Å²) in [5, 5.41) is 2.76. The standard InChI is InChI=1S/C15H23BrN2O3S/c1-11(2)7-8-17-15(19)10-18(22(4,20)21)13-5-6-14(16)12(3)9-13/h5-6,9,11H,7-8,10H2,1-4H3,(H,17,19). The van der Waals surface area contributed by atoms with E-state index in [9.17, 15) is 13.2 Å². The number of rotatable bonds is 7. The number of sulfonamides is 1. The smallest absolute Gasteiger partial charge is 0.240 e. The van der Waals surface area contributed by atoms with Gasteiger partial charge in [0.1, 0.15) is 6.54 Å². The van der Waals surface area contributed by atoms with Crippen molar-refractivity contribution in [1.29, 1.82) is 0 Å². The molecule has 1 rings (SSSR count). The summed E-state index contributed by atoms with van der Waals surface area (Å²) < 4.78 is 26.0. The second-order valence-corrected chi connectivity index (χ2v) is 8.50.